The van der Waals surface area contributed by atoms with E-state index in [1.165, 1.54) is 0 Å². The highest BCUT2D eigenvalue weighted by molar-refractivity contribution is 5.82. The third kappa shape index (κ3) is 1.70. The fourth-order valence-electron chi connectivity index (χ4n) is 2.05. The predicted octanol–water partition coefficient (Wildman–Crippen LogP) is 2.64. The van der Waals surface area contributed by atoms with Gasteiger partial charge < -0.3 is 10.1 Å². The van der Waals surface area contributed by atoms with E-state index in [0.29, 0.717) is 0 Å². The number of nitrogens with one attached hydrogen (secondary N) is 1. The molecule has 84 valence electrons. The quantitative estimate of drug-likeness (QED) is 0.703. The lowest BCUT2D eigenvalue weighted by atomic mass is 10.0. The molecule has 3 heteroatoms. The molecule has 2 aromatic heterocycles. The van der Waals surface area contributed by atoms with Crippen LogP contribution in [0.5, 0.6) is 0 Å². The Morgan fingerprint density at radius 3 is 2.82 bits per heavy atom. The summed E-state index contributed by atoms with van der Waals surface area (Å²) in [6.07, 6.45) is 2.92. The van der Waals surface area contributed by atoms with E-state index >= 15 is 0 Å². The molecular formula is C14H12N2O. The van der Waals surface area contributed by atoms with E-state index in [0.717, 1.165) is 22.2 Å². The summed E-state index contributed by atoms with van der Waals surface area (Å²) in [5.74, 6) is 0. The third-order valence-corrected chi connectivity index (χ3v) is 2.89. The second-order valence-electron chi connectivity index (χ2n) is 3.95. The Bertz CT molecular complexity index is 626. The molecule has 0 bridgehead atoms. The second-order valence-corrected chi connectivity index (χ2v) is 3.95. The lowest BCUT2D eigenvalue weighted by Crippen LogP contribution is -2.00. The molecule has 2 N–H and O–H groups in total. The smallest absolute Gasteiger partial charge is 0.119 e. The highest BCUT2D eigenvalue weighted by Gasteiger charge is 2.13. The normalized spacial score (nSPS) is 12.8. The minimum absolute atomic E-state index is 0.641. The summed E-state index contributed by atoms with van der Waals surface area (Å²) in [6.45, 7) is 0. The van der Waals surface area contributed by atoms with Crippen molar-refractivity contribution in [3.05, 3.63) is 66.1 Å². The van der Waals surface area contributed by atoms with Crippen LogP contribution in [0, 0.1) is 0 Å². The number of hydrogen-bond acceptors (Lipinski definition) is 2. The van der Waals surface area contributed by atoms with E-state index < -0.39 is 6.10 Å². The van der Waals surface area contributed by atoms with Gasteiger partial charge in [-0.2, -0.15) is 0 Å². The van der Waals surface area contributed by atoms with E-state index in [1.807, 2.05) is 48.7 Å². The Morgan fingerprint density at radius 1 is 1.06 bits per heavy atom. The maximum Gasteiger partial charge on any atom is 0.119 e. The Hall–Kier alpha value is -2.13. The molecule has 0 fully saturated rings. The molecule has 3 rings (SSSR count). The van der Waals surface area contributed by atoms with Crippen LogP contribution in [0.15, 0.2) is 54.9 Å². The van der Waals surface area contributed by atoms with Crippen LogP contribution in [0.25, 0.3) is 10.9 Å². The fourth-order valence-corrected chi connectivity index (χ4v) is 2.05. The van der Waals surface area contributed by atoms with Crippen molar-refractivity contribution in [2.75, 3.05) is 0 Å². The zero-order chi connectivity index (χ0) is 11.7. The summed E-state index contributed by atoms with van der Waals surface area (Å²) < 4.78 is 0. The van der Waals surface area contributed by atoms with E-state index in [2.05, 4.69) is 9.97 Å². The van der Waals surface area contributed by atoms with Crippen molar-refractivity contribution in [3.63, 3.8) is 0 Å². The highest BCUT2D eigenvalue weighted by Crippen LogP contribution is 2.26. The number of fused-ring (bicyclic) bond motifs is 1. The minimum Gasteiger partial charge on any atom is -0.382 e. The van der Waals surface area contributed by atoms with Crippen LogP contribution < -0.4 is 0 Å². The molecule has 0 amide bonds. The number of nitrogens with zero attached hydrogens (tertiary/aromatic N) is 1. The number of pyridine rings is 1. The first-order valence-corrected chi connectivity index (χ1v) is 5.51. The topological polar surface area (TPSA) is 48.9 Å². The molecular weight excluding hydrogens is 212 g/mol. The maximum absolute atomic E-state index is 10.3. The van der Waals surface area contributed by atoms with E-state index in [9.17, 15) is 5.11 Å². The first-order chi connectivity index (χ1) is 8.36. The number of benzene rings is 1. The summed E-state index contributed by atoms with van der Waals surface area (Å²) in [4.78, 5) is 7.31. The van der Waals surface area contributed by atoms with Crippen LogP contribution in [-0.4, -0.2) is 15.1 Å². The van der Waals surface area contributed by atoms with Gasteiger partial charge in [-0.25, -0.2) is 0 Å². The molecule has 0 aliphatic carbocycles. The predicted molar refractivity (Wildman–Crippen MR) is 66.6 cm³/mol. The molecule has 0 aliphatic heterocycles. The van der Waals surface area contributed by atoms with Crippen molar-refractivity contribution < 1.29 is 5.11 Å². The van der Waals surface area contributed by atoms with Crippen molar-refractivity contribution in [3.8, 4) is 0 Å². The summed E-state index contributed by atoms with van der Waals surface area (Å²) in [6, 6.07) is 13.4. The first kappa shape index (κ1) is 10.1. The Kier molecular flexibility index (Phi) is 2.38. The van der Waals surface area contributed by atoms with Crippen LogP contribution in [0.3, 0.4) is 0 Å². The lowest BCUT2D eigenvalue weighted by Gasteiger charge is -2.11. The number of aromatic nitrogens is 2. The number of aromatic amines is 1. The van der Waals surface area contributed by atoms with Gasteiger partial charge in [-0.3, -0.25) is 4.98 Å². The molecule has 2 heterocycles. The molecule has 1 unspecified atom stereocenters. The first-order valence-electron chi connectivity index (χ1n) is 5.51. The number of aliphatic hydroxyl groups is 1. The van der Waals surface area contributed by atoms with Gasteiger partial charge >= 0.3 is 0 Å². The molecule has 3 aromatic rings. The zero-order valence-electron chi connectivity index (χ0n) is 9.17. The van der Waals surface area contributed by atoms with Crippen molar-refractivity contribution in [1.82, 2.24) is 9.97 Å². The summed E-state index contributed by atoms with van der Waals surface area (Å²) >= 11 is 0. The average Bonchev–Trinajstić information content (AvgIpc) is 2.91. The standard InChI is InChI=1S/C14H12N2O/c17-14(13-7-3-9-16-13)11-4-1-6-12-10(11)5-2-8-15-12/h1-9,14,16-17H. The largest absolute Gasteiger partial charge is 0.382 e. The number of aliphatic hydroxyl groups excluding tert-OH is 1. The van der Waals surface area contributed by atoms with Gasteiger partial charge in [0.15, 0.2) is 0 Å². The highest BCUT2D eigenvalue weighted by atomic mass is 16.3. The van der Waals surface area contributed by atoms with Gasteiger partial charge in [0.25, 0.3) is 0 Å². The SMILES string of the molecule is OC(c1ccc[nH]1)c1cccc2ncccc12. The fraction of sp³-hybridized carbons (Fsp3) is 0.0714. The van der Waals surface area contributed by atoms with Crippen molar-refractivity contribution in [1.29, 1.82) is 0 Å². The molecule has 0 saturated carbocycles. The van der Waals surface area contributed by atoms with Crippen LogP contribution in [0.4, 0.5) is 0 Å². The molecule has 0 radical (unpaired) electrons. The molecule has 0 aliphatic rings. The van der Waals surface area contributed by atoms with Crippen LogP contribution >= 0.6 is 0 Å². The average molecular weight is 224 g/mol. The van der Waals surface area contributed by atoms with Gasteiger partial charge in [0.1, 0.15) is 6.10 Å². The molecule has 3 nitrogen and oxygen atoms in total. The number of rotatable bonds is 2. The summed E-state index contributed by atoms with van der Waals surface area (Å²) in [5.41, 5.74) is 2.56. The van der Waals surface area contributed by atoms with Gasteiger partial charge in [0.05, 0.1) is 5.52 Å². The molecule has 17 heavy (non-hydrogen) atoms. The van der Waals surface area contributed by atoms with Crippen LogP contribution in [0.2, 0.25) is 0 Å². The summed E-state index contributed by atoms with van der Waals surface area (Å²) in [5, 5.41) is 11.3. The second kappa shape index (κ2) is 4.03. The van der Waals surface area contributed by atoms with Gasteiger partial charge in [-0.1, -0.05) is 18.2 Å². The summed E-state index contributed by atoms with van der Waals surface area (Å²) in [7, 11) is 0. The molecule has 0 saturated heterocycles. The van der Waals surface area contributed by atoms with E-state index in [4.69, 9.17) is 0 Å². The molecule has 1 aromatic carbocycles. The monoisotopic (exact) mass is 224 g/mol. The van der Waals surface area contributed by atoms with Gasteiger partial charge in [0, 0.05) is 23.5 Å². The Labute approximate surface area is 98.8 Å². The third-order valence-electron chi connectivity index (χ3n) is 2.89. The Morgan fingerprint density at radius 2 is 2.00 bits per heavy atom. The van der Waals surface area contributed by atoms with Crippen LogP contribution in [0.1, 0.15) is 17.4 Å². The number of H-pyrrole nitrogens is 1. The van der Waals surface area contributed by atoms with Crippen LogP contribution in [-0.2, 0) is 0 Å². The molecule has 1 atom stereocenters. The van der Waals surface area contributed by atoms with Crippen molar-refractivity contribution >= 4 is 10.9 Å². The zero-order valence-corrected chi connectivity index (χ0v) is 9.17. The Balaban J connectivity index is 2.17. The van der Waals surface area contributed by atoms with Gasteiger partial charge in [-0.05, 0) is 29.8 Å². The van der Waals surface area contributed by atoms with Gasteiger partial charge in [0.2, 0.25) is 0 Å². The maximum atomic E-state index is 10.3. The van der Waals surface area contributed by atoms with E-state index in [1.54, 1.807) is 6.20 Å². The lowest BCUT2D eigenvalue weighted by molar-refractivity contribution is 0.217. The van der Waals surface area contributed by atoms with Crippen molar-refractivity contribution in [2.45, 2.75) is 6.10 Å². The minimum atomic E-state index is -0.641. The van der Waals surface area contributed by atoms with E-state index in [-0.39, 0.29) is 0 Å². The number of hydrogen-bond donors (Lipinski definition) is 2. The van der Waals surface area contributed by atoms with Crippen molar-refractivity contribution in [2.24, 2.45) is 0 Å². The van der Waals surface area contributed by atoms with Gasteiger partial charge in [-0.15, -0.1) is 0 Å². The molecule has 0 spiro atoms.